The van der Waals surface area contributed by atoms with Gasteiger partial charge in [-0.25, -0.2) is 9.97 Å². The number of hydrogen-bond acceptors (Lipinski definition) is 5. The van der Waals surface area contributed by atoms with E-state index in [0.717, 1.165) is 43.9 Å². The van der Waals surface area contributed by atoms with Gasteiger partial charge in [0.1, 0.15) is 18.0 Å². The Kier molecular flexibility index (Phi) is 5.39. The van der Waals surface area contributed by atoms with Crippen molar-refractivity contribution in [3.63, 3.8) is 0 Å². The second-order valence-corrected chi connectivity index (χ2v) is 5.17. The van der Waals surface area contributed by atoms with Gasteiger partial charge < -0.3 is 15.7 Å². The molecule has 106 valence electrons. The number of aliphatic hydroxyl groups is 1. The Balaban J connectivity index is 1.97. The molecule has 2 unspecified atom stereocenters. The Labute approximate surface area is 114 Å². The Hall–Kier alpha value is -1.36. The smallest absolute Gasteiger partial charge is 0.131 e. The summed E-state index contributed by atoms with van der Waals surface area (Å²) in [6, 6.07) is 2.02. The van der Waals surface area contributed by atoms with Crippen LogP contribution in [0.25, 0.3) is 0 Å². The van der Waals surface area contributed by atoms with Crippen molar-refractivity contribution >= 4 is 11.6 Å². The summed E-state index contributed by atoms with van der Waals surface area (Å²) in [5.74, 6) is 1.63. The van der Waals surface area contributed by atoms with Gasteiger partial charge in [-0.2, -0.15) is 0 Å². The highest BCUT2D eigenvalue weighted by molar-refractivity contribution is 5.47. The van der Waals surface area contributed by atoms with Gasteiger partial charge in [0, 0.05) is 12.6 Å². The first-order valence-corrected chi connectivity index (χ1v) is 7.30. The zero-order valence-corrected chi connectivity index (χ0v) is 11.6. The van der Waals surface area contributed by atoms with Crippen LogP contribution in [0.3, 0.4) is 0 Å². The normalized spacial score (nSPS) is 23.7. The minimum absolute atomic E-state index is 0.108. The molecular weight excluding hydrogens is 240 g/mol. The van der Waals surface area contributed by atoms with Crippen LogP contribution in [-0.4, -0.2) is 33.8 Å². The first kappa shape index (κ1) is 14.1. The summed E-state index contributed by atoms with van der Waals surface area (Å²) in [5, 5.41) is 16.7. The van der Waals surface area contributed by atoms with Crippen molar-refractivity contribution in [2.24, 2.45) is 0 Å². The Bertz CT molecular complexity index is 385. The van der Waals surface area contributed by atoms with Gasteiger partial charge in [-0.15, -0.1) is 0 Å². The number of aromatic nitrogens is 2. The van der Waals surface area contributed by atoms with E-state index in [1.807, 2.05) is 6.07 Å². The van der Waals surface area contributed by atoms with E-state index in [1.165, 1.54) is 12.8 Å². The molecule has 1 fully saturated rings. The molecule has 2 atom stereocenters. The van der Waals surface area contributed by atoms with Crippen molar-refractivity contribution in [2.45, 2.75) is 57.6 Å². The molecule has 19 heavy (non-hydrogen) atoms. The van der Waals surface area contributed by atoms with Crippen LogP contribution in [0.4, 0.5) is 11.6 Å². The predicted molar refractivity (Wildman–Crippen MR) is 77.3 cm³/mol. The lowest BCUT2D eigenvalue weighted by molar-refractivity contribution is 0.144. The molecule has 5 nitrogen and oxygen atoms in total. The molecule has 0 saturated heterocycles. The van der Waals surface area contributed by atoms with Crippen LogP contribution < -0.4 is 10.6 Å². The molecule has 1 aliphatic carbocycles. The van der Waals surface area contributed by atoms with Crippen molar-refractivity contribution in [3.05, 3.63) is 12.4 Å². The molecule has 1 aliphatic rings. The molecule has 0 spiro atoms. The summed E-state index contributed by atoms with van der Waals surface area (Å²) >= 11 is 0. The first-order chi connectivity index (χ1) is 9.29. The van der Waals surface area contributed by atoms with Crippen LogP contribution in [-0.2, 0) is 0 Å². The molecule has 0 radical (unpaired) electrons. The summed E-state index contributed by atoms with van der Waals surface area (Å²) in [4.78, 5) is 8.42. The van der Waals surface area contributed by atoms with Crippen LogP contribution in [0.1, 0.15) is 45.4 Å². The van der Waals surface area contributed by atoms with Crippen LogP contribution in [0.2, 0.25) is 0 Å². The lowest BCUT2D eigenvalue weighted by Gasteiger charge is -2.22. The molecular formula is C14H24N4O. The quantitative estimate of drug-likeness (QED) is 0.712. The lowest BCUT2D eigenvalue weighted by Crippen LogP contribution is -2.32. The predicted octanol–water partition coefficient (Wildman–Crippen LogP) is 2.40. The fraction of sp³-hybridized carbons (Fsp3) is 0.714. The fourth-order valence-electron chi connectivity index (χ4n) is 2.43. The molecule has 1 aromatic rings. The summed E-state index contributed by atoms with van der Waals surface area (Å²) in [7, 11) is 0. The van der Waals surface area contributed by atoms with Crippen molar-refractivity contribution in [2.75, 3.05) is 17.2 Å². The number of aliphatic hydroxyl groups excluding tert-OH is 1. The molecule has 1 saturated carbocycles. The molecule has 1 aromatic heterocycles. The Morgan fingerprint density at radius 2 is 2.00 bits per heavy atom. The zero-order chi connectivity index (χ0) is 13.5. The van der Waals surface area contributed by atoms with Gasteiger partial charge in [0.15, 0.2) is 0 Å². The van der Waals surface area contributed by atoms with Crippen LogP contribution in [0, 0.1) is 0 Å². The lowest BCUT2D eigenvalue weighted by atomic mass is 10.1. The molecule has 0 amide bonds. The van der Waals surface area contributed by atoms with Gasteiger partial charge in [-0.3, -0.25) is 0 Å². The van der Waals surface area contributed by atoms with Gasteiger partial charge in [0.2, 0.25) is 0 Å². The van der Waals surface area contributed by atoms with Gasteiger partial charge in [-0.05, 0) is 19.3 Å². The number of nitrogens with zero attached hydrogens (tertiary/aromatic N) is 2. The summed E-state index contributed by atoms with van der Waals surface area (Å²) in [6.45, 7) is 3.03. The minimum Gasteiger partial charge on any atom is -0.391 e. The third-order valence-corrected chi connectivity index (χ3v) is 3.54. The van der Waals surface area contributed by atoms with Gasteiger partial charge in [0.05, 0.1) is 12.1 Å². The van der Waals surface area contributed by atoms with E-state index >= 15 is 0 Å². The van der Waals surface area contributed by atoms with Crippen molar-refractivity contribution in [3.8, 4) is 0 Å². The van der Waals surface area contributed by atoms with Crippen LogP contribution in [0.15, 0.2) is 12.4 Å². The standard InChI is InChI=1S/C14H24N4O/c1-2-8-15-13-9-14(17-10-16-13)18-11-6-4-3-5-7-12(11)19/h9-12,19H,2-8H2,1H3,(H2,15,16,17,18). The topological polar surface area (TPSA) is 70.1 Å². The first-order valence-electron chi connectivity index (χ1n) is 7.30. The summed E-state index contributed by atoms with van der Waals surface area (Å²) in [6.07, 6.45) is 7.73. The molecule has 0 bridgehead atoms. The average Bonchev–Trinajstić information content (AvgIpc) is 2.62. The van der Waals surface area contributed by atoms with E-state index in [2.05, 4.69) is 27.5 Å². The van der Waals surface area contributed by atoms with Gasteiger partial charge in [-0.1, -0.05) is 26.2 Å². The van der Waals surface area contributed by atoms with Crippen LogP contribution >= 0.6 is 0 Å². The number of hydrogen-bond donors (Lipinski definition) is 3. The monoisotopic (exact) mass is 264 g/mol. The van der Waals surface area contributed by atoms with E-state index in [9.17, 15) is 5.11 Å². The van der Waals surface area contributed by atoms with Crippen molar-refractivity contribution in [1.82, 2.24) is 9.97 Å². The Morgan fingerprint density at radius 3 is 2.84 bits per heavy atom. The van der Waals surface area contributed by atoms with E-state index in [-0.39, 0.29) is 12.1 Å². The Morgan fingerprint density at radius 1 is 1.21 bits per heavy atom. The second-order valence-electron chi connectivity index (χ2n) is 5.17. The van der Waals surface area contributed by atoms with E-state index in [4.69, 9.17) is 0 Å². The number of nitrogens with one attached hydrogen (secondary N) is 2. The van der Waals surface area contributed by atoms with E-state index in [1.54, 1.807) is 6.33 Å². The maximum absolute atomic E-state index is 10.1. The van der Waals surface area contributed by atoms with E-state index < -0.39 is 0 Å². The summed E-state index contributed by atoms with van der Waals surface area (Å²) < 4.78 is 0. The number of anilines is 2. The molecule has 3 N–H and O–H groups in total. The van der Waals surface area contributed by atoms with Crippen molar-refractivity contribution < 1.29 is 5.11 Å². The largest absolute Gasteiger partial charge is 0.391 e. The average molecular weight is 264 g/mol. The van der Waals surface area contributed by atoms with Gasteiger partial charge >= 0.3 is 0 Å². The highest BCUT2D eigenvalue weighted by Crippen LogP contribution is 2.21. The molecule has 5 heteroatoms. The molecule has 0 aromatic carbocycles. The minimum atomic E-state index is -0.274. The van der Waals surface area contributed by atoms with Gasteiger partial charge in [0.25, 0.3) is 0 Å². The highest BCUT2D eigenvalue weighted by Gasteiger charge is 2.21. The second kappa shape index (κ2) is 7.28. The van der Waals surface area contributed by atoms with E-state index in [0.29, 0.717) is 0 Å². The van der Waals surface area contributed by atoms with Crippen molar-refractivity contribution in [1.29, 1.82) is 0 Å². The number of rotatable bonds is 5. The SMILES string of the molecule is CCCNc1cc(NC2CCCCCC2O)ncn1. The zero-order valence-electron chi connectivity index (χ0n) is 11.6. The summed E-state index contributed by atoms with van der Waals surface area (Å²) in [5.41, 5.74) is 0. The third kappa shape index (κ3) is 4.35. The maximum atomic E-state index is 10.1. The fourth-order valence-corrected chi connectivity index (χ4v) is 2.43. The maximum Gasteiger partial charge on any atom is 0.131 e. The van der Waals surface area contributed by atoms with Crippen LogP contribution in [0.5, 0.6) is 0 Å². The molecule has 2 rings (SSSR count). The highest BCUT2D eigenvalue weighted by atomic mass is 16.3. The third-order valence-electron chi connectivity index (χ3n) is 3.54. The molecule has 0 aliphatic heterocycles. The molecule has 1 heterocycles.